The van der Waals surface area contributed by atoms with Gasteiger partial charge in [-0.3, -0.25) is 4.90 Å². The van der Waals surface area contributed by atoms with Crippen LogP contribution < -0.4 is 25.3 Å². The van der Waals surface area contributed by atoms with E-state index in [1.54, 1.807) is 14.2 Å². The Labute approximate surface area is 233 Å². The first-order valence-electron chi connectivity index (χ1n) is 14.0. The second kappa shape index (κ2) is 11.1. The summed E-state index contributed by atoms with van der Waals surface area (Å²) in [6.07, 6.45) is 3.10. The number of hydrogen-bond acceptors (Lipinski definition) is 6. The number of methoxy groups -OCH3 is 2. The summed E-state index contributed by atoms with van der Waals surface area (Å²) in [5.41, 5.74) is 14.4. The van der Waals surface area contributed by atoms with E-state index in [2.05, 4.69) is 62.2 Å². The number of likely N-dealkylation sites (tertiary alicyclic amines) is 1. The summed E-state index contributed by atoms with van der Waals surface area (Å²) >= 11 is 0. The molecule has 2 aliphatic heterocycles. The summed E-state index contributed by atoms with van der Waals surface area (Å²) in [5, 5.41) is 3.98. The third kappa shape index (κ3) is 5.59. The average Bonchev–Trinajstić information content (AvgIpc) is 3.32. The van der Waals surface area contributed by atoms with Gasteiger partial charge in [0.15, 0.2) is 0 Å². The minimum Gasteiger partial charge on any atom is -0.497 e. The quantitative estimate of drug-likeness (QED) is 0.362. The molecule has 3 aromatic rings. The van der Waals surface area contributed by atoms with Gasteiger partial charge >= 0.3 is 0 Å². The summed E-state index contributed by atoms with van der Waals surface area (Å²) in [6, 6.07) is 17.3. The highest BCUT2D eigenvalue weighted by molar-refractivity contribution is 5.66. The second-order valence-corrected chi connectivity index (χ2v) is 11.5. The van der Waals surface area contributed by atoms with Crippen molar-refractivity contribution < 1.29 is 14.2 Å². The maximum atomic E-state index is 6.66. The van der Waals surface area contributed by atoms with Crippen LogP contribution in [0.4, 0.5) is 5.69 Å². The molecule has 0 aliphatic carbocycles. The molecule has 6 heteroatoms. The first kappa shape index (κ1) is 27.4. The van der Waals surface area contributed by atoms with Crippen molar-refractivity contribution >= 4 is 5.69 Å². The van der Waals surface area contributed by atoms with Gasteiger partial charge < -0.3 is 25.3 Å². The van der Waals surface area contributed by atoms with Gasteiger partial charge in [-0.1, -0.05) is 24.3 Å². The highest BCUT2D eigenvalue weighted by Gasteiger charge is 2.40. The molecule has 2 heterocycles. The zero-order valence-corrected chi connectivity index (χ0v) is 24.3. The Morgan fingerprint density at radius 3 is 1.95 bits per heavy atom. The molecule has 0 aromatic heterocycles. The summed E-state index contributed by atoms with van der Waals surface area (Å²) in [5.74, 6) is 2.79. The Morgan fingerprint density at radius 1 is 0.897 bits per heavy atom. The van der Waals surface area contributed by atoms with Crippen LogP contribution in [-0.2, 0) is 6.42 Å². The third-order valence-electron chi connectivity index (χ3n) is 8.78. The number of hydrogen-bond donors (Lipinski definition) is 2. The maximum Gasteiger partial charge on any atom is 0.127 e. The van der Waals surface area contributed by atoms with Gasteiger partial charge in [0.2, 0.25) is 0 Å². The smallest absolute Gasteiger partial charge is 0.127 e. The lowest BCUT2D eigenvalue weighted by Gasteiger charge is -2.38. The van der Waals surface area contributed by atoms with Gasteiger partial charge in [-0.15, -0.1) is 0 Å². The van der Waals surface area contributed by atoms with Gasteiger partial charge in [-0.05, 0) is 106 Å². The number of nitrogens with zero attached hydrogens (tertiary/aromatic N) is 1. The highest BCUT2D eigenvalue weighted by atomic mass is 16.5. The van der Waals surface area contributed by atoms with E-state index >= 15 is 0 Å². The topological polar surface area (TPSA) is 69.0 Å². The molecule has 0 spiro atoms. The molecule has 0 saturated carbocycles. The van der Waals surface area contributed by atoms with Crippen molar-refractivity contribution in [2.75, 3.05) is 39.6 Å². The van der Waals surface area contributed by atoms with Gasteiger partial charge in [0.25, 0.3) is 0 Å². The number of benzene rings is 3. The molecule has 1 fully saturated rings. The van der Waals surface area contributed by atoms with Crippen LogP contribution in [0.1, 0.15) is 59.2 Å². The minimum absolute atomic E-state index is 0.100. The van der Waals surface area contributed by atoms with Crippen LogP contribution in [0.15, 0.2) is 48.5 Å². The Kier molecular flexibility index (Phi) is 7.79. The fraction of sp³-hybridized carbons (Fsp3) is 0.455. The maximum absolute atomic E-state index is 6.66. The summed E-state index contributed by atoms with van der Waals surface area (Å²) < 4.78 is 17.4. The Bertz CT molecular complexity index is 1210. The first-order chi connectivity index (χ1) is 18.7. The van der Waals surface area contributed by atoms with Crippen molar-refractivity contribution in [1.29, 1.82) is 0 Å². The molecule has 1 atom stereocenters. The van der Waals surface area contributed by atoms with Gasteiger partial charge in [0.05, 0.1) is 20.3 Å². The van der Waals surface area contributed by atoms with E-state index in [4.69, 9.17) is 19.9 Å². The van der Waals surface area contributed by atoms with Gasteiger partial charge in [-0.2, -0.15) is 0 Å². The van der Waals surface area contributed by atoms with E-state index in [9.17, 15) is 0 Å². The zero-order chi connectivity index (χ0) is 27.7. The predicted molar refractivity (Wildman–Crippen MR) is 158 cm³/mol. The number of fused-ring (bicyclic) bond motifs is 1. The SMILES string of the molecule is COc1ccc(C(NC2CCN(CC3(C)Cc4c(C)c(N)c(C)c(C)c4O3)CC2)c2ccc(OC)cc2)cc1. The summed E-state index contributed by atoms with van der Waals surface area (Å²) in [4.78, 5) is 2.57. The number of rotatable bonds is 8. The van der Waals surface area contributed by atoms with E-state index in [1.807, 2.05) is 24.3 Å². The largest absolute Gasteiger partial charge is 0.497 e. The van der Waals surface area contributed by atoms with Crippen LogP contribution in [0.25, 0.3) is 0 Å². The monoisotopic (exact) mass is 529 g/mol. The number of anilines is 1. The van der Waals surface area contributed by atoms with E-state index < -0.39 is 0 Å². The molecular formula is C33H43N3O3. The molecule has 1 saturated heterocycles. The third-order valence-corrected chi connectivity index (χ3v) is 8.78. The summed E-state index contributed by atoms with van der Waals surface area (Å²) in [6.45, 7) is 11.6. The lowest BCUT2D eigenvalue weighted by molar-refractivity contribution is 0.0501. The first-order valence-corrected chi connectivity index (χ1v) is 14.0. The molecule has 0 radical (unpaired) electrons. The molecule has 208 valence electrons. The van der Waals surface area contributed by atoms with Crippen LogP contribution >= 0.6 is 0 Å². The second-order valence-electron chi connectivity index (χ2n) is 11.5. The van der Waals surface area contributed by atoms with E-state index in [-0.39, 0.29) is 11.6 Å². The van der Waals surface area contributed by atoms with Crippen molar-refractivity contribution in [3.63, 3.8) is 0 Å². The average molecular weight is 530 g/mol. The highest BCUT2D eigenvalue weighted by Crippen LogP contribution is 2.44. The molecule has 3 aromatic carbocycles. The van der Waals surface area contributed by atoms with Crippen molar-refractivity contribution in [3.8, 4) is 17.2 Å². The summed E-state index contributed by atoms with van der Waals surface area (Å²) in [7, 11) is 3.41. The van der Waals surface area contributed by atoms with Crippen LogP contribution in [0.3, 0.4) is 0 Å². The fourth-order valence-electron chi connectivity index (χ4n) is 6.25. The Balaban J connectivity index is 1.25. The van der Waals surface area contributed by atoms with E-state index in [0.717, 1.165) is 67.4 Å². The van der Waals surface area contributed by atoms with E-state index in [1.165, 1.54) is 27.8 Å². The van der Waals surface area contributed by atoms with Gasteiger partial charge in [0, 0.05) is 30.3 Å². The molecule has 3 N–H and O–H groups in total. The van der Waals surface area contributed by atoms with E-state index in [0.29, 0.717) is 6.04 Å². The lowest BCUT2D eigenvalue weighted by atomic mass is 9.91. The number of nitrogens with two attached hydrogens (primary N) is 1. The molecule has 1 unspecified atom stereocenters. The van der Waals surface area contributed by atoms with Crippen LogP contribution in [0, 0.1) is 20.8 Å². The standard InChI is InChI=1S/C33H43N3O3/c1-21-22(2)32-29(23(3)30(21)34)19-33(4,39-32)20-36-17-15-26(16-18-36)35-31(24-7-11-27(37-5)12-8-24)25-9-13-28(38-6)14-10-25/h7-14,26,31,35H,15-20,34H2,1-6H3. The molecule has 6 nitrogen and oxygen atoms in total. The van der Waals surface area contributed by atoms with Gasteiger partial charge in [0.1, 0.15) is 22.8 Å². The van der Waals surface area contributed by atoms with Crippen molar-refractivity contribution in [3.05, 3.63) is 81.9 Å². The zero-order valence-electron chi connectivity index (χ0n) is 24.3. The molecule has 0 amide bonds. The molecular weight excluding hydrogens is 486 g/mol. The van der Waals surface area contributed by atoms with Crippen molar-refractivity contribution in [2.24, 2.45) is 0 Å². The molecule has 39 heavy (non-hydrogen) atoms. The molecule has 5 rings (SSSR count). The lowest BCUT2D eigenvalue weighted by Crippen LogP contribution is -2.50. The van der Waals surface area contributed by atoms with Gasteiger partial charge in [-0.25, -0.2) is 0 Å². The van der Waals surface area contributed by atoms with Crippen LogP contribution in [0.2, 0.25) is 0 Å². The van der Waals surface area contributed by atoms with Crippen molar-refractivity contribution in [1.82, 2.24) is 10.2 Å². The van der Waals surface area contributed by atoms with Crippen LogP contribution in [-0.4, -0.2) is 50.4 Å². The number of nitrogens with one attached hydrogen (secondary N) is 1. The number of ether oxygens (including phenoxy) is 3. The predicted octanol–water partition coefficient (Wildman–Crippen LogP) is 5.75. The fourth-order valence-corrected chi connectivity index (χ4v) is 6.25. The molecule has 2 aliphatic rings. The minimum atomic E-state index is -0.229. The normalized spacial score (nSPS) is 19.7. The van der Waals surface area contributed by atoms with Crippen molar-refractivity contribution in [2.45, 2.75) is 64.6 Å². The number of nitrogen functional groups attached to an aromatic ring is 1. The molecule has 0 bridgehead atoms. The number of piperidine rings is 1. The Hall–Kier alpha value is -3.22. The van der Waals surface area contributed by atoms with Crippen LogP contribution in [0.5, 0.6) is 17.2 Å². The Morgan fingerprint density at radius 2 is 1.44 bits per heavy atom.